The van der Waals surface area contributed by atoms with Crippen molar-refractivity contribution < 1.29 is 22.8 Å². The molecule has 0 bridgehead atoms. The molecule has 1 rings (SSSR count). The SMILES string of the molecule is CCC(Cl)C(=O)c1ccc(NC(=O)C(F)(F)F)cc1. The monoisotopic (exact) mass is 293 g/mol. The Labute approximate surface area is 112 Å². The van der Waals surface area contributed by atoms with Crippen LogP contribution in [-0.2, 0) is 4.79 Å². The lowest BCUT2D eigenvalue weighted by Gasteiger charge is -2.09. The van der Waals surface area contributed by atoms with E-state index in [2.05, 4.69) is 0 Å². The first kappa shape index (κ1) is 15.5. The number of hydrogen-bond acceptors (Lipinski definition) is 2. The minimum atomic E-state index is -4.95. The number of alkyl halides is 4. The number of rotatable bonds is 4. The van der Waals surface area contributed by atoms with Gasteiger partial charge in [0.05, 0.1) is 5.38 Å². The highest BCUT2D eigenvalue weighted by Gasteiger charge is 2.38. The zero-order valence-electron chi connectivity index (χ0n) is 9.92. The number of anilines is 1. The van der Waals surface area contributed by atoms with Crippen LogP contribution in [-0.4, -0.2) is 23.2 Å². The van der Waals surface area contributed by atoms with Crippen LogP contribution in [0.4, 0.5) is 18.9 Å². The van der Waals surface area contributed by atoms with Gasteiger partial charge >= 0.3 is 12.1 Å². The summed E-state index contributed by atoms with van der Waals surface area (Å²) in [5, 5.41) is 1.01. The minimum absolute atomic E-state index is 0.0403. The number of nitrogens with one attached hydrogen (secondary N) is 1. The van der Waals surface area contributed by atoms with Crippen LogP contribution in [0.5, 0.6) is 0 Å². The van der Waals surface area contributed by atoms with Gasteiger partial charge in [0.1, 0.15) is 0 Å². The van der Waals surface area contributed by atoms with Crippen LogP contribution >= 0.6 is 11.6 Å². The summed E-state index contributed by atoms with van der Waals surface area (Å²) in [5.41, 5.74) is 0.244. The molecule has 104 valence electrons. The molecule has 1 aromatic rings. The number of amides is 1. The van der Waals surface area contributed by atoms with Crippen LogP contribution in [0.25, 0.3) is 0 Å². The van der Waals surface area contributed by atoms with Gasteiger partial charge in [0.25, 0.3) is 0 Å². The summed E-state index contributed by atoms with van der Waals surface area (Å²) >= 11 is 5.77. The lowest BCUT2D eigenvalue weighted by molar-refractivity contribution is -0.167. The quantitative estimate of drug-likeness (QED) is 0.683. The van der Waals surface area contributed by atoms with Gasteiger partial charge in [-0.1, -0.05) is 6.92 Å². The first-order valence-corrected chi connectivity index (χ1v) is 5.86. The maximum Gasteiger partial charge on any atom is 0.471 e. The molecular formula is C12H11ClF3NO2. The number of carbonyl (C=O) groups excluding carboxylic acids is 2. The van der Waals surface area contributed by atoms with Gasteiger partial charge in [0, 0.05) is 11.3 Å². The second kappa shape index (κ2) is 6.06. The summed E-state index contributed by atoms with van der Waals surface area (Å²) in [6.45, 7) is 1.74. The average Bonchev–Trinajstić information content (AvgIpc) is 2.36. The van der Waals surface area contributed by atoms with E-state index in [0.717, 1.165) is 0 Å². The molecule has 7 heteroatoms. The largest absolute Gasteiger partial charge is 0.471 e. The standard InChI is InChI=1S/C12H11ClF3NO2/c1-2-9(13)10(18)7-3-5-8(6-4-7)17-11(19)12(14,15)16/h3-6,9H,2H2,1H3,(H,17,19). The normalized spacial score (nSPS) is 12.9. The van der Waals surface area contributed by atoms with E-state index in [1.54, 1.807) is 12.2 Å². The third kappa shape index (κ3) is 4.24. The topological polar surface area (TPSA) is 46.2 Å². The fourth-order valence-corrected chi connectivity index (χ4v) is 1.41. The maximum absolute atomic E-state index is 12.0. The molecule has 1 aromatic carbocycles. The number of Topliss-reactive ketones (excluding diaryl/α,β-unsaturated/α-hetero) is 1. The Morgan fingerprint density at radius 2 is 1.79 bits per heavy atom. The number of ketones is 1. The molecule has 0 aromatic heterocycles. The first-order chi connectivity index (χ1) is 8.75. The molecule has 1 unspecified atom stereocenters. The van der Waals surface area contributed by atoms with Crippen LogP contribution in [0.2, 0.25) is 0 Å². The van der Waals surface area contributed by atoms with Crippen molar-refractivity contribution in [1.29, 1.82) is 0 Å². The van der Waals surface area contributed by atoms with Crippen molar-refractivity contribution in [3.63, 3.8) is 0 Å². The number of benzene rings is 1. The maximum atomic E-state index is 12.0. The summed E-state index contributed by atoms with van der Waals surface area (Å²) in [7, 11) is 0. The lowest BCUT2D eigenvalue weighted by Crippen LogP contribution is -2.29. The van der Waals surface area contributed by atoms with Crippen molar-refractivity contribution in [2.24, 2.45) is 0 Å². The first-order valence-electron chi connectivity index (χ1n) is 5.42. The fourth-order valence-electron chi connectivity index (χ4n) is 1.29. The molecule has 3 nitrogen and oxygen atoms in total. The van der Waals surface area contributed by atoms with E-state index in [4.69, 9.17) is 11.6 Å². The van der Waals surface area contributed by atoms with Gasteiger partial charge in [-0.15, -0.1) is 11.6 Å². The van der Waals surface area contributed by atoms with E-state index < -0.39 is 17.5 Å². The van der Waals surface area contributed by atoms with E-state index >= 15 is 0 Å². The molecule has 0 aliphatic rings. The van der Waals surface area contributed by atoms with Crippen LogP contribution < -0.4 is 5.32 Å². The van der Waals surface area contributed by atoms with Gasteiger partial charge in [0.2, 0.25) is 0 Å². The van der Waals surface area contributed by atoms with E-state index in [0.29, 0.717) is 6.42 Å². The van der Waals surface area contributed by atoms with E-state index in [9.17, 15) is 22.8 Å². The van der Waals surface area contributed by atoms with Gasteiger partial charge in [-0.25, -0.2) is 0 Å². The number of carbonyl (C=O) groups is 2. The van der Waals surface area contributed by atoms with Crippen LogP contribution in [0.3, 0.4) is 0 Å². The zero-order chi connectivity index (χ0) is 14.6. The molecule has 0 aliphatic carbocycles. The molecule has 0 heterocycles. The lowest BCUT2D eigenvalue weighted by atomic mass is 10.1. The Balaban J connectivity index is 2.78. The van der Waals surface area contributed by atoms with Crippen molar-refractivity contribution >= 4 is 29.0 Å². The molecule has 0 radical (unpaired) electrons. The van der Waals surface area contributed by atoms with E-state index in [1.807, 2.05) is 0 Å². The number of halogens is 4. The average molecular weight is 294 g/mol. The smallest absolute Gasteiger partial charge is 0.318 e. The van der Waals surface area contributed by atoms with Gasteiger partial charge in [-0.2, -0.15) is 13.2 Å². The minimum Gasteiger partial charge on any atom is -0.318 e. The molecular weight excluding hydrogens is 283 g/mol. The second-order valence-electron chi connectivity index (χ2n) is 3.77. The molecule has 0 spiro atoms. The van der Waals surface area contributed by atoms with E-state index in [-0.39, 0.29) is 17.0 Å². The van der Waals surface area contributed by atoms with Gasteiger partial charge < -0.3 is 5.32 Å². The molecule has 0 saturated carbocycles. The van der Waals surface area contributed by atoms with Gasteiger partial charge in [-0.3, -0.25) is 9.59 Å². The molecule has 0 fully saturated rings. The Kier molecular flexibility index (Phi) is 4.94. The second-order valence-corrected chi connectivity index (χ2v) is 4.30. The summed E-state index contributed by atoms with van der Waals surface area (Å²) < 4.78 is 36.0. The van der Waals surface area contributed by atoms with Crippen LogP contribution in [0.15, 0.2) is 24.3 Å². The Morgan fingerprint density at radius 1 is 1.26 bits per heavy atom. The van der Waals surface area contributed by atoms with Crippen molar-refractivity contribution in [1.82, 2.24) is 0 Å². The highest BCUT2D eigenvalue weighted by atomic mass is 35.5. The Hall–Kier alpha value is -1.56. The third-order valence-corrected chi connectivity index (χ3v) is 2.83. The predicted molar refractivity (Wildman–Crippen MR) is 65.4 cm³/mol. The van der Waals surface area contributed by atoms with Gasteiger partial charge in [0.15, 0.2) is 5.78 Å². The van der Waals surface area contributed by atoms with Crippen LogP contribution in [0.1, 0.15) is 23.7 Å². The third-order valence-electron chi connectivity index (χ3n) is 2.33. The molecule has 19 heavy (non-hydrogen) atoms. The predicted octanol–water partition coefficient (Wildman–Crippen LogP) is 3.39. The molecule has 1 amide bonds. The zero-order valence-corrected chi connectivity index (χ0v) is 10.7. The summed E-state index contributed by atoms with van der Waals surface area (Å²) in [6.07, 6.45) is -4.50. The Bertz CT molecular complexity index is 471. The summed E-state index contributed by atoms with van der Waals surface area (Å²) in [6, 6.07) is 5.07. The van der Waals surface area contributed by atoms with Crippen LogP contribution in [0, 0.1) is 0 Å². The molecule has 1 N–H and O–H groups in total. The summed E-state index contributed by atoms with van der Waals surface area (Å²) in [4.78, 5) is 22.4. The molecule has 1 atom stereocenters. The van der Waals surface area contributed by atoms with Crippen molar-refractivity contribution in [3.8, 4) is 0 Å². The van der Waals surface area contributed by atoms with Crippen molar-refractivity contribution in [2.75, 3.05) is 5.32 Å². The summed E-state index contributed by atoms with van der Waals surface area (Å²) in [5.74, 6) is -2.37. The molecule has 0 saturated heterocycles. The van der Waals surface area contributed by atoms with E-state index in [1.165, 1.54) is 24.3 Å². The highest BCUT2D eigenvalue weighted by Crippen LogP contribution is 2.19. The van der Waals surface area contributed by atoms with Crippen molar-refractivity contribution in [2.45, 2.75) is 24.9 Å². The van der Waals surface area contributed by atoms with Crippen molar-refractivity contribution in [3.05, 3.63) is 29.8 Å². The fraction of sp³-hybridized carbons (Fsp3) is 0.333. The Morgan fingerprint density at radius 3 is 2.21 bits per heavy atom. The van der Waals surface area contributed by atoms with Gasteiger partial charge in [-0.05, 0) is 30.7 Å². The molecule has 0 aliphatic heterocycles. The highest BCUT2D eigenvalue weighted by molar-refractivity contribution is 6.33. The number of hydrogen-bond donors (Lipinski definition) is 1.